The lowest BCUT2D eigenvalue weighted by molar-refractivity contribution is 0.0992. The van der Waals surface area contributed by atoms with Gasteiger partial charge in [0, 0.05) is 22.4 Å². The second-order valence-electron chi connectivity index (χ2n) is 2.84. The molecule has 1 aliphatic rings. The van der Waals surface area contributed by atoms with Crippen LogP contribution in [0.25, 0.3) is 0 Å². The Labute approximate surface area is 75.0 Å². The molecule has 0 N–H and O–H groups in total. The summed E-state index contributed by atoms with van der Waals surface area (Å²) in [7, 11) is 0. The van der Waals surface area contributed by atoms with Crippen LogP contribution in [0.15, 0.2) is 17.0 Å². The summed E-state index contributed by atoms with van der Waals surface area (Å²) in [6.07, 6.45) is 0.943. The van der Waals surface area contributed by atoms with E-state index < -0.39 is 0 Å². The van der Waals surface area contributed by atoms with Crippen molar-refractivity contribution in [2.45, 2.75) is 17.7 Å². The average Bonchev–Trinajstić information content (AvgIpc) is 2.42. The van der Waals surface area contributed by atoms with Crippen LogP contribution in [0.5, 0.6) is 0 Å². The van der Waals surface area contributed by atoms with E-state index in [1.165, 1.54) is 12.1 Å². The number of thiol groups is 1. The maximum Gasteiger partial charge on any atom is 0.164 e. The fourth-order valence-electron chi connectivity index (χ4n) is 1.53. The monoisotopic (exact) mass is 182 g/mol. The van der Waals surface area contributed by atoms with Gasteiger partial charge < -0.3 is 0 Å². The van der Waals surface area contributed by atoms with Crippen molar-refractivity contribution in [3.05, 3.63) is 29.1 Å². The molecule has 0 aliphatic heterocycles. The molecule has 0 spiro atoms. The first-order chi connectivity index (χ1) is 5.70. The molecule has 0 fully saturated rings. The largest absolute Gasteiger partial charge is 0.294 e. The normalized spacial score (nSPS) is 15.0. The summed E-state index contributed by atoms with van der Waals surface area (Å²) in [5, 5.41) is 0. The van der Waals surface area contributed by atoms with E-state index in [9.17, 15) is 9.18 Å². The number of Topliss-reactive ketones (excluding diaryl/α,β-unsaturated/α-hetero) is 1. The predicted molar refractivity (Wildman–Crippen MR) is 46.3 cm³/mol. The molecule has 1 aromatic carbocycles. The number of carbonyl (C=O) groups is 1. The molecule has 1 aromatic rings. The molecule has 0 amide bonds. The number of halogens is 1. The smallest absolute Gasteiger partial charge is 0.164 e. The van der Waals surface area contributed by atoms with E-state index in [0.29, 0.717) is 28.9 Å². The molecule has 2 rings (SSSR count). The summed E-state index contributed by atoms with van der Waals surface area (Å²) in [5.41, 5.74) is 1.02. The average molecular weight is 182 g/mol. The molecule has 0 saturated heterocycles. The Hall–Kier alpha value is -0.830. The van der Waals surface area contributed by atoms with Gasteiger partial charge in [-0.05, 0) is 18.6 Å². The number of benzene rings is 1. The van der Waals surface area contributed by atoms with Crippen LogP contribution >= 0.6 is 12.6 Å². The van der Waals surface area contributed by atoms with E-state index in [0.717, 1.165) is 0 Å². The van der Waals surface area contributed by atoms with Crippen LogP contribution in [-0.4, -0.2) is 5.78 Å². The maximum absolute atomic E-state index is 13.1. The maximum atomic E-state index is 13.1. The molecule has 1 aliphatic carbocycles. The zero-order valence-corrected chi connectivity index (χ0v) is 7.20. The van der Waals surface area contributed by atoms with Crippen molar-refractivity contribution in [1.82, 2.24) is 0 Å². The molecular weight excluding hydrogens is 175 g/mol. The molecule has 0 heterocycles. The van der Waals surface area contributed by atoms with Gasteiger partial charge >= 0.3 is 0 Å². The number of fused-ring (bicyclic) bond motifs is 1. The van der Waals surface area contributed by atoms with Gasteiger partial charge in [0.05, 0.1) is 0 Å². The van der Waals surface area contributed by atoms with Gasteiger partial charge in [0.25, 0.3) is 0 Å². The summed E-state index contributed by atoms with van der Waals surface area (Å²) in [6.45, 7) is 0. The third kappa shape index (κ3) is 0.966. The number of carbonyl (C=O) groups excluding carboxylic acids is 1. The highest BCUT2D eigenvalue weighted by Gasteiger charge is 2.24. The van der Waals surface area contributed by atoms with E-state index >= 15 is 0 Å². The van der Waals surface area contributed by atoms with Gasteiger partial charge in [-0.2, -0.15) is 0 Å². The Morgan fingerprint density at radius 3 is 2.75 bits per heavy atom. The Morgan fingerprint density at radius 1 is 1.33 bits per heavy atom. The van der Waals surface area contributed by atoms with Crippen LogP contribution < -0.4 is 0 Å². The summed E-state index contributed by atoms with van der Waals surface area (Å²) in [6, 6.07) is 2.89. The van der Waals surface area contributed by atoms with Crippen molar-refractivity contribution in [3.8, 4) is 0 Å². The van der Waals surface area contributed by atoms with Crippen LogP contribution in [0.1, 0.15) is 22.3 Å². The molecule has 0 unspecified atom stereocenters. The lowest BCUT2D eigenvalue weighted by atomic mass is 10.1. The first kappa shape index (κ1) is 7.80. The quantitative estimate of drug-likeness (QED) is 0.609. The predicted octanol–water partition coefficient (Wildman–Crippen LogP) is 2.24. The van der Waals surface area contributed by atoms with Gasteiger partial charge in [-0.1, -0.05) is 0 Å². The van der Waals surface area contributed by atoms with Crippen LogP contribution in [0.2, 0.25) is 0 Å². The highest BCUT2D eigenvalue weighted by molar-refractivity contribution is 7.80. The van der Waals surface area contributed by atoms with E-state index in [-0.39, 0.29) is 11.6 Å². The summed E-state index contributed by atoms with van der Waals surface area (Å²) in [5.74, 6) is -0.275. The number of rotatable bonds is 0. The van der Waals surface area contributed by atoms with Gasteiger partial charge in [0.15, 0.2) is 5.78 Å². The lowest BCUT2D eigenvalue weighted by Gasteiger charge is -2.01. The first-order valence-electron chi connectivity index (χ1n) is 3.73. The molecule has 12 heavy (non-hydrogen) atoms. The van der Waals surface area contributed by atoms with Crippen molar-refractivity contribution in [2.24, 2.45) is 0 Å². The number of hydrogen-bond acceptors (Lipinski definition) is 2. The van der Waals surface area contributed by atoms with Crippen molar-refractivity contribution >= 4 is 18.4 Å². The first-order valence-corrected chi connectivity index (χ1v) is 4.18. The van der Waals surface area contributed by atoms with E-state index in [2.05, 4.69) is 12.6 Å². The van der Waals surface area contributed by atoms with Crippen molar-refractivity contribution in [3.63, 3.8) is 0 Å². The standard InChI is InChI=1S/C9H7FOS/c10-6-2-4-8(12)9-5(6)1-3-7(9)11/h2,4,12H,1,3H2. The molecule has 0 aromatic heterocycles. The second-order valence-corrected chi connectivity index (χ2v) is 3.33. The van der Waals surface area contributed by atoms with Gasteiger partial charge in [0.1, 0.15) is 5.82 Å². The summed E-state index contributed by atoms with van der Waals surface area (Å²) in [4.78, 5) is 11.8. The molecule has 0 saturated carbocycles. The Morgan fingerprint density at radius 2 is 2.08 bits per heavy atom. The molecule has 62 valence electrons. The molecule has 3 heteroatoms. The van der Waals surface area contributed by atoms with Gasteiger partial charge in [-0.15, -0.1) is 12.6 Å². The van der Waals surface area contributed by atoms with Crippen LogP contribution in [-0.2, 0) is 6.42 Å². The van der Waals surface area contributed by atoms with Crippen LogP contribution in [0, 0.1) is 5.82 Å². The highest BCUT2D eigenvalue weighted by Crippen LogP contribution is 2.29. The zero-order chi connectivity index (χ0) is 8.72. The molecular formula is C9H7FOS. The summed E-state index contributed by atoms with van der Waals surface area (Å²) >= 11 is 4.11. The Bertz CT molecular complexity index is 360. The topological polar surface area (TPSA) is 17.1 Å². The molecule has 0 radical (unpaired) electrons. The fourth-order valence-corrected chi connectivity index (χ4v) is 1.86. The molecule has 1 nitrogen and oxygen atoms in total. The van der Waals surface area contributed by atoms with E-state index in [1.807, 2.05) is 0 Å². The van der Waals surface area contributed by atoms with Crippen LogP contribution in [0.4, 0.5) is 4.39 Å². The minimum absolute atomic E-state index is 0.00880. The number of ketones is 1. The zero-order valence-electron chi connectivity index (χ0n) is 6.30. The van der Waals surface area contributed by atoms with Gasteiger partial charge in [0.2, 0.25) is 0 Å². The fraction of sp³-hybridized carbons (Fsp3) is 0.222. The SMILES string of the molecule is O=C1CCc2c(F)ccc(S)c21. The third-order valence-corrected chi connectivity index (χ3v) is 2.49. The minimum Gasteiger partial charge on any atom is -0.294 e. The number of hydrogen-bond donors (Lipinski definition) is 1. The Kier molecular flexibility index (Phi) is 1.68. The van der Waals surface area contributed by atoms with Crippen molar-refractivity contribution in [1.29, 1.82) is 0 Å². The molecule has 0 atom stereocenters. The lowest BCUT2D eigenvalue weighted by Crippen LogP contribution is -1.94. The minimum atomic E-state index is -0.284. The van der Waals surface area contributed by atoms with E-state index in [4.69, 9.17) is 0 Å². The van der Waals surface area contributed by atoms with Crippen molar-refractivity contribution < 1.29 is 9.18 Å². The van der Waals surface area contributed by atoms with E-state index in [1.54, 1.807) is 0 Å². The molecule has 0 bridgehead atoms. The Balaban J connectivity index is 2.72. The second kappa shape index (κ2) is 2.59. The van der Waals surface area contributed by atoms with Crippen LogP contribution in [0.3, 0.4) is 0 Å². The highest BCUT2D eigenvalue weighted by atomic mass is 32.1. The third-order valence-electron chi connectivity index (χ3n) is 2.11. The van der Waals surface area contributed by atoms with Crippen molar-refractivity contribution in [2.75, 3.05) is 0 Å². The van der Waals surface area contributed by atoms with Gasteiger partial charge in [-0.25, -0.2) is 4.39 Å². The van der Waals surface area contributed by atoms with Gasteiger partial charge in [-0.3, -0.25) is 4.79 Å². The summed E-state index contributed by atoms with van der Waals surface area (Å²) < 4.78 is 13.1.